The smallest absolute Gasteiger partial charge is 0.129 e. The van der Waals surface area contributed by atoms with Gasteiger partial charge in [0.25, 0.3) is 0 Å². The van der Waals surface area contributed by atoms with Gasteiger partial charge in [0.15, 0.2) is 0 Å². The molecule has 0 saturated carbocycles. The van der Waals surface area contributed by atoms with E-state index >= 15 is 0 Å². The van der Waals surface area contributed by atoms with Crippen LogP contribution in [0.2, 0.25) is 0 Å². The van der Waals surface area contributed by atoms with Crippen molar-refractivity contribution >= 4 is 12.6 Å². The summed E-state index contributed by atoms with van der Waals surface area (Å²) >= 11 is 4.17. The summed E-state index contributed by atoms with van der Waals surface area (Å²) in [4.78, 5) is 0.501. The molecule has 0 radical (unpaired) electrons. The molecular formula is C11H16O2S. The first kappa shape index (κ1) is 11.2. The van der Waals surface area contributed by atoms with Gasteiger partial charge in [-0.2, -0.15) is 0 Å². The third-order valence-electron chi connectivity index (χ3n) is 2.27. The van der Waals surface area contributed by atoms with Crippen molar-refractivity contribution in [1.82, 2.24) is 0 Å². The highest BCUT2D eigenvalue weighted by molar-refractivity contribution is 7.80. The van der Waals surface area contributed by atoms with E-state index in [0.29, 0.717) is 4.90 Å². The Bertz CT molecular complexity index is 310. The van der Waals surface area contributed by atoms with Gasteiger partial charge in [0.1, 0.15) is 11.5 Å². The Morgan fingerprint density at radius 1 is 1.14 bits per heavy atom. The maximum Gasteiger partial charge on any atom is 0.129 e. The van der Waals surface area contributed by atoms with Crippen LogP contribution in [0.25, 0.3) is 0 Å². The Labute approximate surface area is 90.0 Å². The minimum Gasteiger partial charge on any atom is -0.508 e. The Kier molecular flexibility index (Phi) is 4.14. The zero-order valence-electron chi connectivity index (χ0n) is 8.32. The molecule has 0 aromatic heterocycles. The Balaban J connectivity index is 2.79. The van der Waals surface area contributed by atoms with Gasteiger partial charge in [-0.1, -0.05) is 19.8 Å². The van der Waals surface area contributed by atoms with Crippen molar-refractivity contribution in [3.05, 3.63) is 17.7 Å². The normalized spacial score (nSPS) is 10.4. The van der Waals surface area contributed by atoms with Crippen LogP contribution in [0.1, 0.15) is 31.7 Å². The molecule has 78 valence electrons. The van der Waals surface area contributed by atoms with Gasteiger partial charge in [0, 0.05) is 5.56 Å². The van der Waals surface area contributed by atoms with Crippen LogP contribution in [0.15, 0.2) is 17.0 Å². The number of hydrogen-bond acceptors (Lipinski definition) is 3. The fraction of sp³-hybridized carbons (Fsp3) is 0.455. The second kappa shape index (κ2) is 5.15. The summed E-state index contributed by atoms with van der Waals surface area (Å²) in [5, 5.41) is 18.9. The molecule has 1 rings (SSSR count). The van der Waals surface area contributed by atoms with Crippen molar-refractivity contribution < 1.29 is 10.2 Å². The standard InChI is InChI=1S/C11H16O2S/c1-2-3-4-5-8-9(12)6-7-10(13)11(8)14/h6-7,12-14H,2-5H2,1H3. The maximum absolute atomic E-state index is 9.56. The molecule has 2 nitrogen and oxygen atoms in total. The van der Waals surface area contributed by atoms with Gasteiger partial charge in [-0.05, 0) is 25.0 Å². The fourth-order valence-electron chi connectivity index (χ4n) is 1.41. The molecule has 0 spiro atoms. The van der Waals surface area contributed by atoms with Gasteiger partial charge >= 0.3 is 0 Å². The lowest BCUT2D eigenvalue weighted by Gasteiger charge is -2.08. The van der Waals surface area contributed by atoms with Crippen LogP contribution >= 0.6 is 12.6 Å². The van der Waals surface area contributed by atoms with Gasteiger partial charge in [-0.3, -0.25) is 0 Å². The second-order valence-electron chi connectivity index (χ2n) is 3.39. The van der Waals surface area contributed by atoms with Gasteiger partial charge < -0.3 is 10.2 Å². The van der Waals surface area contributed by atoms with E-state index in [9.17, 15) is 10.2 Å². The van der Waals surface area contributed by atoms with Crippen molar-refractivity contribution in [2.45, 2.75) is 37.5 Å². The largest absolute Gasteiger partial charge is 0.508 e. The predicted molar refractivity (Wildman–Crippen MR) is 60.3 cm³/mol. The van der Waals surface area contributed by atoms with Gasteiger partial charge in [-0.15, -0.1) is 12.6 Å². The topological polar surface area (TPSA) is 40.5 Å². The summed E-state index contributed by atoms with van der Waals surface area (Å²) in [5.41, 5.74) is 0.752. The molecule has 0 amide bonds. The maximum atomic E-state index is 9.56. The molecule has 0 aliphatic carbocycles. The van der Waals surface area contributed by atoms with Crippen LogP contribution in [0.3, 0.4) is 0 Å². The number of phenolic OH excluding ortho intramolecular Hbond substituents is 2. The molecule has 1 aromatic rings. The van der Waals surface area contributed by atoms with Crippen LogP contribution in [-0.2, 0) is 6.42 Å². The molecular weight excluding hydrogens is 196 g/mol. The van der Waals surface area contributed by atoms with E-state index in [2.05, 4.69) is 19.6 Å². The monoisotopic (exact) mass is 212 g/mol. The van der Waals surface area contributed by atoms with E-state index in [4.69, 9.17) is 0 Å². The molecule has 0 saturated heterocycles. The molecule has 14 heavy (non-hydrogen) atoms. The van der Waals surface area contributed by atoms with Gasteiger partial charge in [-0.25, -0.2) is 0 Å². The predicted octanol–water partition coefficient (Wildman–Crippen LogP) is 3.12. The first-order chi connectivity index (χ1) is 6.66. The number of benzene rings is 1. The molecule has 0 heterocycles. The average molecular weight is 212 g/mol. The highest BCUT2D eigenvalue weighted by atomic mass is 32.1. The van der Waals surface area contributed by atoms with Crippen molar-refractivity contribution in [3.8, 4) is 11.5 Å². The zero-order valence-corrected chi connectivity index (χ0v) is 9.22. The van der Waals surface area contributed by atoms with E-state index < -0.39 is 0 Å². The summed E-state index contributed by atoms with van der Waals surface area (Å²) in [7, 11) is 0. The third-order valence-corrected chi connectivity index (χ3v) is 2.77. The number of rotatable bonds is 4. The van der Waals surface area contributed by atoms with Crippen molar-refractivity contribution in [2.24, 2.45) is 0 Å². The first-order valence-electron chi connectivity index (χ1n) is 4.89. The summed E-state index contributed by atoms with van der Waals surface area (Å²) < 4.78 is 0. The Morgan fingerprint density at radius 2 is 1.79 bits per heavy atom. The fourth-order valence-corrected chi connectivity index (χ4v) is 1.71. The van der Waals surface area contributed by atoms with Crippen LogP contribution in [-0.4, -0.2) is 10.2 Å². The summed E-state index contributed by atoms with van der Waals surface area (Å²) in [6.45, 7) is 2.13. The SMILES string of the molecule is CCCCCc1c(O)ccc(O)c1S. The zero-order chi connectivity index (χ0) is 10.6. The number of thiol groups is 1. The van der Waals surface area contributed by atoms with E-state index in [1.54, 1.807) is 0 Å². The van der Waals surface area contributed by atoms with Crippen molar-refractivity contribution in [1.29, 1.82) is 0 Å². The molecule has 0 fully saturated rings. The van der Waals surface area contributed by atoms with Crippen LogP contribution in [0.5, 0.6) is 11.5 Å². The number of unbranched alkanes of at least 4 members (excludes halogenated alkanes) is 2. The summed E-state index contributed by atoms with van der Waals surface area (Å²) in [6, 6.07) is 2.97. The van der Waals surface area contributed by atoms with Crippen molar-refractivity contribution in [3.63, 3.8) is 0 Å². The van der Waals surface area contributed by atoms with E-state index in [0.717, 1.165) is 31.2 Å². The van der Waals surface area contributed by atoms with Gasteiger partial charge in [0.05, 0.1) is 4.90 Å². The van der Waals surface area contributed by atoms with Gasteiger partial charge in [0.2, 0.25) is 0 Å². The lowest BCUT2D eigenvalue weighted by atomic mass is 10.1. The van der Waals surface area contributed by atoms with E-state index in [1.165, 1.54) is 12.1 Å². The number of phenols is 2. The highest BCUT2D eigenvalue weighted by Gasteiger charge is 2.08. The lowest BCUT2D eigenvalue weighted by Crippen LogP contribution is -1.89. The van der Waals surface area contributed by atoms with E-state index in [1.807, 2.05) is 0 Å². The first-order valence-corrected chi connectivity index (χ1v) is 5.34. The van der Waals surface area contributed by atoms with Crippen molar-refractivity contribution in [2.75, 3.05) is 0 Å². The Morgan fingerprint density at radius 3 is 2.43 bits per heavy atom. The lowest BCUT2D eigenvalue weighted by molar-refractivity contribution is 0.441. The Hall–Kier alpha value is -0.830. The molecule has 0 aliphatic rings. The minimum atomic E-state index is 0.137. The van der Waals surface area contributed by atoms with Crippen LogP contribution in [0.4, 0.5) is 0 Å². The third kappa shape index (κ3) is 2.58. The number of hydrogen-bond donors (Lipinski definition) is 3. The quantitative estimate of drug-likeness (QED) is 0.408. The number of aromatic hydroxyl groups is 2. The van der Waals surface area contributed by atoms with Crippen LogP contribution in [0, 0.1) is 0 Å². The summed E-state index contributed by atoms with van der Waals surface area (Å²) in [5.74, 6) is 0.363. The average Bonchev–Trinajstić information content (AvgIpc) is 2.18. The highest BCUT2D eigenvalue weighted by Crippen LogP contribution is 2.32. The molecule has 3 heteroatoms. The molecule has 0 unspecified atom stereocenters. The molecule has 2 N–H and O–H groups in total. The van der Waals surface area contributed by atoms with Crippen LogP contribution < -0.4 is 0 Å². The molecule has 0 atom stereocenters. The molecule has 0 bridgehead atoms. The van der Waals surface area contributed by atoms with E-state index in [-0.39, 0.29) is 11.5 Å². The molecule has 0 aliphatic heterocycles. The molecule has 1 aromatic carbocycles. The summed E-state index contributed by atoms with van der Waals surface area (Å²) in [6.07, 6.45) is 4.05. The minimum absolute atomic E-state index is 0.137. The second-order valence-corrected chi connectivity index (χ2v) is 3.84.